The van der Waals surface area contributed by atoms with E-state index in [1.165, 1.54) is 35.3 Å². The van der Waals surface area contributed by atoms with Gasteiger partial charge in [0.1, 0.15) is 30.1 Å². The summed E-state index contributed by atoms with van der Waals surface area (Å²) in [5.74, 6) is -1.57. The largest absolute Gasteiger partial charge is 0.372 e. The summed E-state index contributed by atoms with van der Waals surface area (Å²) in [6, 6.07) is 15.7. The minimum atomic E-state index is -1.02. The van der Waals surface area contributed by atoms with E-state index in [0.717, 1.165) is 11.1 Å². The standard InChI is InChI=1S/C36H44N6O6S/c1-4-27(20-43)39-35(46)31-17-28(48-21-25-11-7-5-8-12-25)19-42(31)36(47)32(24(2)3)41-34(45)30(23-49-22-26-13-9-6-10-14-26)40-33(44)29-18-37-15-16-38-29/h5-16,18,20,24,27-28,30-32H,4,17,19,21-23H2,1-3H3,(H,39,46)(H,40,44)(H,41,45)/t27-,28+,30-,31-,32-/m0/s1. The van der Waals surface area contributed by atoms with Gasteiger partial charge in [-0.2, -0.15) is 11.8 Å². The van der Waals surface area contributed by atoms with Gasteiger partial charge in [-0.15, -0.1) is 0 Å². The fraction of sp³-hybridized carbons (Fsp3) is 0.417. The molecule has 0 aliphatic carbocycles. The van der Waals surface area contributed by atoms with Crippen molar-refractivity contribution < 1.29 is 28.7 Å². The summed E-state index contributed by atoms with van der Waals surface area (Å²) < 4.78 is 6.14. The van der Waals surface area contributed by atoms with Crippen molar-refractivity contribution in [3.8, 4) is 0 Å². The number of rotatable bonds is 17. The Labute approximate surface area is 291 Å². The van der Waals surface area contributed by atoms with E-state index < -0.39 is 53.9 Å². The number of benzene rings is 2. The number of ether oxygens (including phenoxy) is 1. The predicted octanol–water partition coefficient (Wildman–Crippen LogP) is 2.93. The van der Waals surface area contributed by atoms with Gasteiger partial charge in [-0.05, 0) is 23.5 Å². The van der Waals surface area contributed by atoms with Crippen molar-refractivity contribution in [2.24, 2.45) is 5.92 Å². The molecule has 0 spiro atoms. The number of thioether (sulfide) groups is 1. The van der Waals surface area contributed by atoms with Crippen LogP contribution in [-0.2, 0) is 36.3 Å². The Morgan fingerprint density at radius 3 is 2.29 bits per heavy atom. The minimum Gasteiger partial charge on any atom is -0.372 e. The van der Waals surface area contributed by atoms with Gasteiger partial charge >= 0.3 is 0 Å². The highest BCUT2D eigenvalue weighted by Crippen LogP contribution is 2.25. The van der Waals surface area contributed by atoms with E-state index in [2.05, 4.69) is 25.9 Å². The molecule has 260 valence electrons. The van der Waals surface area contributed by atoms with Crippen molar-refractivity contribution in [2.45, 2.75) is 76.2 Å². The van der Waals surface area contributed by atoms with Crippen molar-refractivity contribution in [3.63, 3.8) is 0 Å². The Bertz CT molecular complexity index is 1530. The molecule has 1 saturated heterocycles. The summed E-state index contributed by atoms with van der Waals surface area (Å²) in [5.41, 5.74) is 2.06. The van der Waals surface area contributed by atoms with E-state index in [1.807, 2.05) is 60.7 Å². The van der Waals surface area contributed by atoms with Crippen molar-refractivity contribution in [3.05, 3.63) is 96.1 Å². The average molecular weight is 689 g/mol. The quantitative estimate of drug-likeness (QED) is 0.181. The lowest BCUT2D eigenvalue weighted by Gasteiger charge is -2.31. The summed E-state index contributed by atoms with van der Waals surface area (Å²) >= 11 is 1.46. The highest BCUT2D eigenvalue weighted by Gasteiger charge is 2.44. The summed E-state index contributed by atoms with van der Waals surface area (Å²) in [5, 5.41) is 8.36. The highest BCUT2D eigenvalue weighted by atomic mass is 32.2. The highest BCUT2D eigenvalue weighted by molar-refractivity contribution is 7.98. The Morgan fingerprint density at radius 2 is 1.67 bits per heavy atom. The first-order chi connectivity index (χ1) is 23.7. The molecule has 0 bridgehead atoms. The van der Waals surface area contributed by atoms with Crippen LogP contribution in [0.1, 0.15) is 55.2 Å². The molecule has 1 aromatic heterocycles. The van der Waals surface area contributed by atoms with Crippen LogP contribution in [0, 0.1) is 5.92 Å². The molecule has 13 heteroatoms. The van der Waals surface area contributed by atoms with Gasteiger partial charge in [0.25, 0.3) is 5.91 Å². The van der Waals surface area contributed by atoms with E-state index in [0.29, 0.717) is 25.1 Å². The molecule has 49 heavy (non-hydrogen) atoms. The molecule has 1 fully saturated rings. The lowest BCUT2D eigenvalue weighted by Crippen LogP contribution is -2.59. The SMILES string of the molecule is CC[C@@H](C=O)NC(=O)[C@@H]1C[C@@H](OCc2ccccc2)CN1C(=O)[C@@H](NC(=O)[C@H](CSCc1ccccc1)NC(=O)c1cnccn1)C(C)C. The molecule has 3 N–H and O–H groups in total. The van der Waals surface area contributed by atoms with Crippen LogP contribution in [0.2, 0.25) is 0 Å². The number of carbonyl (C=O) groups excluding carboxylic acids is 5. The molecule has 12 nitrogen and oxygen atoms in total. The number of nitrogens with zero attached hydrogens (tertiary/aromatic N) is 3. The molecule has 3 aromatic rings. The van der Waals surface area contributed by atoms with Crippen LogP contribution in [0.25, 0.3) is 0 Å². The summed E-state index contributed by atoms with van der Waals surface area (Å²) in [6.07, 6.45) is 4.99. The maximum absolute atomic E-state index is 14.2. The zero-order valence-electron chi connectivity index (χ0n) is 28.0. The normalized spacial score (nSPS) is 17.5. The first kappa shape index (κ1) is 37.2. The van der Waals surface area contributed by atoms with Gasteiger partial charge < -0.3 is 30.4 Å². The number of likely N-dealkylation sites (tertiary alicyclic amines) is 1. The molecular formula is C36H44N6O6S. The van der Waals surface area contributed by atoms with Crippen molar-refractivity contribution >= 4 is 41.7 Å². The monoisotopic (exact) mass is 688 g/mol. The Kier molecular flexibility index (Phi) is 14.3. The third-order valence-corrected chi connectivity index (χ3v) is 9.26. The van der Waals surface area contributed by atoms with Crippen LogP contribution in [0.4, 0.5) is 0 Å². The first-order valence-corrected chi connectivity index (χ1v) is 17.6. The van der Waals surface area contributed by atoms with Crippen LogP contribution in [0.15, 0.2) is 79.3 Å². The van der Waals surface area contributed by atoms with Crippen molar-refractivity contribution in [1.82, 2.24) is 30.8 Å². The van der Waals surface area contributed by atoms with Gasteiger partial charge in [-0.25, -0.2) is 4.98 Å². The van der Waals surface area contributed by atoms with Crippen LogP contribution in [-0.4, -0.2) is 87.4 Å². The van der Waals surface area contributed by atoms with E-state index in [1.54, 1.807) is 20.8 Å². The second-order valence-electron chi connectivity index (χ2n) is 12.2. The number of amides is 4. The van der Waals surface area contributed by atoms with Gasteiger partial charge in [0, 0.05) is 36.9 Å². The number of hydrogen-bond donors (Lipinski definition) is 3. The fourth-order valence-corrected chi connectivity index (χ4v) is 6.37. The topological polar surface area (TPSA) is 160 Å². The molecule has 4 amide bonds. The van der Waals surface area contributed by atoms with Crippen molar-refractivity contribution in [2.75, 3.05) is 12.3 Å². The van der Waals surface area contributed by atoms with E-state index in [9.17, 15) is 24.0 Å². The van der Waals surface area contributed by atoms with Crippen LogP contribution in [0.5, 0.6) is 0 Å². The molecule has 0 saturated carbocycles. The smallest absolute Gasteiger partial charge is 0.272 e. The Balaban J connectivity index is 1.51. The van der Waals surface area contributed by atoms with Crippen LogP contribution < -0.4 is 16.0 Å². The Hall–Kier alpha value is -4.62. The predicted molar refractivity (Wildman–Crippen MR) is 186 cm³/mol. The second-order valence-corrected chi connectivity index (χ2v) is 13.2. The maximum Gasteiger partial charge on any atom is 0.272 e. The molecule has 0 radical (unpaired) electrons. The number of aldehydes is 1. The summed E-state index contributed by atoms with van der Waals surface area (Å²) in [6.45, 7) is 5.81. The third-order valence-electron chi connectivity index (χ3n) is 8.15. The molecular weight excluding hydrogens is 644 g/mol. The molecule has 1 aliphatic heterocycles. The molecule has 1 aliphatic rings. The third kappa shape index (κ3) is 10.9. The van der Waals surface area contributed by atoms with Gasteiger partial charge in [0.2, 0.25) is 17.7 Å². The van der Waals surface area contributed by atoms with Crippen molar-refractivity contribution in [1.29, 1.82) is 0 Å². The van der Waals surface area contributed by atoms with Gasteiger partial charge in [0.05, 0.1) is 24.9 Å². The fourth-order valence-electron chi connectivity index (χ4n) is 5.36. The van der Waals surface area contributed by atoms with Crippen LogP contribution >= 0.6 is 11.8 Å². The van der Waals surface area contributed by atoms with Gasteiger partial charge in [-0.1, -0.05) is 81.4 Å². The molecule has 2 aromatic carbocycles. The molecule has 5 atom stereocenters. The van der Waals surface area contributed by atoms with Crippen LogP contribution in [0.3, 0.4) is 0 Å². The van der Waals surface area contributed by atoms with E-state index >= 15 is 0 Å². The lowest BCUT2D eigenvalue weighted by molar-refractivity contribution is -0.143. The summed E-state index contributed by atoms with van der Waals surface area (Å²) in [7, 11) is 0. The van der Waals surface area contributed by atoms with Gasteiger partial charge in [0.15, 0.2) is 0 Å². The zero-order chi connectivity index (χ0) is 35.2. The maximum atomic E-state index is 14.2. The first-order valence-electron chi connectivity index (χ1n) is 16.4. The summed E-state index contributed by atoms with van der Waals surface area (Å²) in [4.78, 5) is 75.6. The number of aromatic nitrogens is 2. The number of carbonyl (C=O) groups is 5. The molecule has 4 rings (SSSR count). The zero-order valence-corrected chi connectivity index (χ0v) is 28.8. The molecule has 2 heterocycles. The number of nitrogens with one attached hydrogen (secondary N) is 3. The lowest BCUT2D eigenvalue weighted by atomic mass is 10.0. The van der Waals surface area contributed by atoms with Gasteiger partial charge in [-0.3, -0.25) is 24.2 Å². The molecule has 0 unspecified atom stereocenters. The average Bonchev–Trinajstić information content (AvgIpc) is 3.57. The Morgan fingerprint density at radius 1 is 0.980 bits per heavy atom. The number of hydrogen-bond acceptors (Lipinski definition) is 9. The van der Waals surface area contributed by atoms with E-state index in [-0.39, 0.29) is 30.3 Å². The van der Waals surface area contributed by atoms with E-state index in [4.69, 9.17) is 4.74 Å². The minimum absolute atomic E-state index is 0.0537. The second kappa shape index (κ2) is 18.8.